The number of hydrogen-bond donors (Lipinski definition) is 2. The number of aromatic nitrogens is 3. The van der Waals surface area contributed by atoms with Crippen molar-refractivity contribution in [2.24, 2.45) is 5.73 Å². The standard InChI is InChI=1S/C14H19N5O/c1-14(2,15)8-7-13(20)18-11-5-3-4-6-12(11)19-10-16-9-17-19/h3-6,9-10H,7-8,15H2,1-2H3,(H,18,20). The van der Waals surface area contributed by atoms with Crippen LogP contribution in [0.1, 0.15) is 26.7 Å². The number of rotatable bonds is 5. The lowest BCUT2D eigenvalue weighted by molar-refractivity contribution is -0.116. The van der Waals surface area contributed by atoms with E-state index in [1.54, 1.807) is 11.0 Å². The summed E-state index contributed by atoms with van der Waals surface area (Å²) in [7, 11) is 0. The Morgan fingerprint density at radius 3 is 2.80 bits per heavy atom. The lowest BCUT2D eigenvalue weighted by Crippen LogP contribution is -2.33. The molecule has 0 fully saturated rings. The highest BCUT2D eigenvalue weighted by molar-refractivity contribution is 5.92. The van der Waals surface area contributed by atoms with Gasteiger partial charge in [-0.15, -0.1) is 0 Å². The maximum Gasteiger partial charge on any atom is 0.224 e. The Labute approximate surface area is 118 Å². The van der Waals surface area contributed by atoms with Gasteiger partial charge in [-0.25, -0.2) is 9.67 Å². The summed E-state index contributed by atoms with van der Waals surface area (Å²) in [6, 6.07) is 7.46. The first kappa shape index (κ1) is 14.2. The molecule has 0 aliphatic heterocycles. The molecule has 1 amide bonds. The third-order valence-corrected chi connectivity index (χ3v) is 2.84. The molecule has 1 aromatic carbocycles. The van der Waals surface area contributed by atoms with Gasteiger partial charge in [0.2, 0.25) is 5.91 Å². The van der Waals surface area contributed by atoms with E-state index in [2.05, 4.69) is 15.4 Å². The van der Waals surface area contributed by atoms with Gasteiger partial charge < -0.3 is 11.1 Å². The van der Waals surface area contributed by atoms with E-state index in [1.165, 1.54) is 6.33 Å². The first-order valence-electron chi connectivity index (χ1n) is 6.48. The minimum atomic E-state index is -0.344. The van der Waals surface area contributed by atoms with Crippen LogP contribution in [0.4, 0.5) is 5.69 Å². The third-order valence-electron chi connectivity index (χ3n) is 2.84. The highest BCUT2D eigenvalue weighted by Gasteiger charge is 2.14. The molecule has 6 heteroatoms. The van der Waals surface area contributed by atoms with Crippen molar-refractivity contribution >= 4 is 11.6 Å². The van der Waals surface area contributed by atoms with Crippen molar-refractivity contribution in [1.29, 1.82) is 0 Å². The average molecular weight is 273 g/mol. The summed E-state index contributed by atoms with van der Waals surface area (Å²) in [5, 5.41) is 6.96. The number of para-hydroxylation sites is 2. The molecule has 1 aromatic heterocycles. The minimum Gasteiger partial charge on any atom is -0.326 e. The number of nitrogens with zero attached hydrogens (tertiary/aromatic N) is 3. The van der Waals surface area contributed by atoms with E-state index in [4.69, 9.17) is 5.73 Å². The van der Waals surface area contributed by atoms with Crippen LogP contribution in [0.5, 0.6) is 0 Å². The van der Waals surface area contributed by atoms with Crippen molar-refractivity contribution < 1.29 is 4.79 Å². The molecule has 6 nitrogen and oxygen atoms in total. The van der Waals surface area contributed by atoms with Gasteiger partial charge in [-0.1, -0.05) is 12.1 Å². The van der Waals surface area contributed by atoms with Crippen LogP contribution in [0.25, 0.3) is 5.69 Å². The number of nitrogens with one attached hydrogen (secondary N) is 1. The molecule has 2 rings (SSSR count). The largest absolute Gasteiger partial charge is 0.326 e. The van der Waals surface area contributed by atoms with Crippen LogP contribution in [0.15, 0.2) is 36.9 Å². The third kappa shape index (κ3) is 3.89. The maximum atomic E-state index is 12.0. The van der Waals surface area contributed by atoms with Gasteiger partial charge in [-0.05, 0) is 32.4 Å². The van der Waals surface area contributed by atoms with Crippen molar-refractivity contribution in [2.45, 2.75) is 32.2 Å². The predicted octanol–water partition coefficient (Wildman–Crippen LogP) is 1.72. The van der Waals surface area contributed by atoms with Crippen molar-refractivity contribution in [2.75, 3.05) is 5.32 Å². The Morgan fingerprint density at radius 1 is 1.40 bits per heavy atom. The van der Waals surface area contributed by atoms with Crippen LogP contribution in [-0.4, -0.2) is 26.2 Å². The quantitative estimate of drug-likeness (QED) is 0.868. The second-order valence-electron chi connectivity index (χ2n) is 5.39. The molecule has 0 unspecified atom stereocenters. The molecule has 2 aromatic rings. The van der Waals surface area contributed by atoms with E-state index in [0.29, 0.717) is 18.5 Å². The topological polar surface area (TPSA) is 85.8 Å². The van der Waals surface area contributed by atoms with Crippen LogP contribution in [0.2, 0.25) is 0 Å². The van der Waals surface area contributed by atoms with E-state index in [9.17, 15) is 4.79 Å². The van der Waals surface area contributed by atoms with E-state index < -0.39 is 0 Å². The number of benzene rings is 1. The SMILES string of the molecule is CC(C)(N)CCC(=O)Nc1ccccc1-n1cncn1. The van der Waals surface area contributed by atoms with Crippen LogP contribution in [0.3, 0.4) is 0 Å². The molecule has 3 N–H and O–H groups in total. The zero-order chi connectivity index (χ0) is 14.6. The highest BCUT2D eigenvalue weighted by Crippen LogP contribution is 2.19. The molecule has 0 saturated heterocycles. The fourth-order valence-corrected chi connectivity index (χ4v) is 1.76. The van der Waals surface area contributed by atoms with Gasteiger partial charge in [0.25, 0.3) is 0 Å². The van der Waals surface area contributed by atoms with E-state index in [0.717, 1.165) is 5.69 Å². The number of carbonyl (C=O) groups excluding carboxylic acids is 1. The molecule has 0 aliphatic carbocycles. The van der Waals surface area contributed by atoms with Gasteiger partial charge in [0, 0.05) is 12.0 Å². The van der Waals surface area contributed by atoms with Gasteiger partial charge in [0.15, 0.2) is 0 Å². The highest BCUT2D eigenvalue weighted by atomic mass is 16.1. The molecular weight excluding hydrogens is 254 g/mol. The smallest absolute Gasteiger partial charge is 0.224 e. The van der Waals surface area contributed by atoms with Crippen molar-refractivity contribution in [1.82, 2.24) is 14.8 Å². The zero-order valence-electron chi connectivity index (χ0n) is 11.7. The summed E-state index contributed by atoms with van der Waals surface area (Å²) in [4.78, 5) is 15.9. The second-order valence-corrected chi connectivity index (χ2v) is 5.39. The van der Waals surface area contributed by atoms with Gasteiger partial charge in [0.1, 0.15) is 12.7 Å². The van der Waals surface area contributed by atoms with Crippen molar-refractivity contribution in [3.8, 4) is 5.69 Å². The summed E-state index contributed by atoms with van der Waals surface area (Å²) < 4.78 is 1.61. The molecule has 0 spiro atoms. The summed E-state index contributed by atoms with van der Waals surface area (Å²) >= 11 is 0. The Balaban J connectivity index is 2.08. The van der Waals surface area contributed by atoms with Gasteiger partial charge in [-0.3, -0.25) is 4.79 Å². The molecule has 20 heavy (non-hydrogen) atoms. The van der Waals surface area contributed by atoms with E-state index in [-0.39, 0.29) is 11.4 Å². The van der Waals surface area contributed by atoms with Crippen molar-refractivity contribution in [3.05, 3.63) is 36.9 Å². The molecule has 0 atom stereocenters. The number of amides is 1. The lowest BCUT2D eigenvalue weighted by atomic mass is 10.00. The lowest BCUT2D eigenvalue weighted by Gasteiger charge is -2.18. The Hall–Kier alpha value is -2.21. The fourth-order valence-electron chi connectivity index (χ4n) is 1.76. The fraction of sp³-hybridized carbons (Fsp3) is 0.357. The molecule has 106 valence electrons. The predicted molar refractivity (Wildman–Crippen MR) is 77.5 cm³/mol. The van der Waals surface area contributed by atoms with Crippen LogP contribution >= 0.6 is 0 Å². The summed E-state index contributed by atoms with van der Waals surface area (Å²) in [6.45, 7) is 3.81. The molecule has 0 radical (unpaired) electrons. The minimum absolute atomic E-state index is 0.0592. The number of nitrogens with two attached hydrogens (primary N) is 1. The Morgan fingerprint density at radius 2 is 2.15 bits per heavy atom. The van der Waals surface area contributed by atoms with Crippen LogP contribution in [-0.2, 0) is 4.79 Å². The zero-order valence-corrected chi connectivity index (χ0v) is 11.7. The molecule has 0 saturated carbocycles. The maximum absolute atomic E-state index is 12.0. The number of hydrogen-bond acceptors (Lipinski definition) is 4. The van der Waals surface area contributed by atoms with Gasteiger partial charge in [0.05, 0.1) is 11.4 Å². The summed E-state index contributed by atoms with van der Waals surface area (Å²) in [5.41, 5.74) is 7.03. The van der Waals surface area contributed by atoms with E-state index >= 15 is 0 Å². The summed E-state index contributed by atoms with van der Waals surface area (Å²) in [5.74, 6) is -0.0592. The molecule has 0 bridgehead atoms. The Kier molecular flexibility index (Phi) is 4.14. The number of anilines is 1. The number of carbonyl (C=O) groups is 1. The molecule has 0 aliphatic rings. The summed E-state index contributed by atoms with van der Waals surface area (Å²) in [6.07, 6.45) is 4.06. The van der Waals surface area contributed by atoms with Crippen LogP contribution < -0.4 is 11.1 Å². The average Bonchev–Trinajstić information content (AvgIpc) is 2.90. The van der Waals surface area contributed by atoms with Gasteiger partial charge in [-0.2, -0.15) is 5.10 Å². The van der Waals surface area contributed by atoms with Crippen molar-refractivity contribution in [3.63, 3.8) is 0 Å². The first-order valence-corrected chi connectivity index (χ1v) is 6.48. The monoisotopic (exact) mass is 273 g/mol. The Bertz CT molecular complexity index is 572. The van der Waals surface area contributed by atoms with E-state index in [1.807, 2.05) is 38.1 Å². The normalized spacial score (nSPS) is 11.3. The van der Waals surface area contributed by atoms with Crippen LogP contribution in [0, 0.1) is 0 Å². The molecule has 1 heterocycles. The molecular formula is C14H19N5O. The first-order chi connectivity index (χ1) is 9.46. The second kappa shape index (κ2) is 5.83. The van der Waals surface area contributed by atoms with Gasteiger partial charge >= 0.3 is 0 Å².